The van der Waals surface area contributed by atoms with Gasteiger partial charge < -0.3 is 9.88 Å². The molecule has 1 aromatic heterocycles. The van der Waals surface area contributed by atoms with Crippen molar-refractivity contribution in [1.82, 2.24) is 20.1 Å². The highest BCUT2D eigenvalue weighted by atomic mass is 15.3. The Bertz CT molecular complexity index is 492. The molecule has 5 atom stereocenters. The van der Waals surface area contributed by atoms with Crippen molar-refractivity contribution in [2.75, 3.05) is 6.54 Å². The van der Waals surface area contributed by atoms with Crippen molar-refractivity contribution in [3.63, 3.8) is 0 Å². The molecule has 3 fully saturated rings. The van der Waals surface area contributed by atoms with Gasteiger partial charge in [0.05, 0.1) is 6.04 Å². The third-order valence-corrected chi connectivity index (χ3v) is 6.01. The summed E-state index contributed by atoms with van der Waals surface area (Å²) < 4.78 is 2.42. The van der Waals surface area contributed by atoms with Crippen molar-refractivity contribution in [2.45, 2.75) is 44.7 Å². The van der Waals surface area contributed by atoms with Crippen molar-refractivity contribution < 1.29 is 0 Å². The topological polar surface area (TPSA) is 42.7 Å². The molecule has 0 saturated heterocycles. The van der Waals surface area contributed by atoms with Gasteiger partial charge in [0.1, 0.15) is 11.6 Å². The second-order valence-corrected chi connectivity index (χ2v) is 6.76. The first-order valence-electron chi connectivity index (χ1n) is 7.51. The van der Waals surface area contributed by atoms with Gasteiger partial charge in [0.25, 0.3) is 0 Å². The minimum absolute atomic E-state index is 0.371. The molecule has 2 bridgehead atoms. The second kappa shape index (κ2) is 3.16. The highest BCUT2D eigenvalue weighted by Crippen LogP contribution is 2.72. The number of nitrogens with zero attached hydrogens (tertiary/aromatic N) is 3. The van der Waals surface area contributed by atoms with Crippen LogP contribution in [0.15, 0.2) is 0 Å². The van der Waals surface area contributed by atoms with E-state index in [9.17, 15) is 0 Å². The van der Waals surface area contributed by atoms with Crippen LogP contribution in [-0.2, 0) is 6.54 Å². The van der Waals surface area contributed by atoms with Gasteiger partial charge in [-0.05, 0) is 49.9 Å². The molecule has 0 spiro atoms. The Kier molecular flexibility index (Phi) is 1.75. The second-order valence-electron chi connectivity index (χ2n) is 6.76. The molecule has 1 aromatic rings. The molecular weight excluding hydrogens is 224 g/mol. The first-order chi connectivity index (χ1) is 8.84. The molecule has 1 N–H and O–H groups in total. The number of fused-ring (bicyclic) bond motifs is 6. The maximum Gasteiger partial charge on any atom is 0.149 e. The molecule has 96 valence electrons. The first-order valence-corrected chi connectivity index (χ1v) is 7.51. The fourth-order valence-electron chi connectivity index (χ4n) is 5.28. The normalized spacial score (nSPS) is 48.1. The van der Waals surface area contributed by atoms with Crippen LogP contribution < -0.4 is 5.32 Å². The summed E-state index contributed by atoms with van der Waals surface area (Å²) >= 11 is 0. The number of hydrogen-bond acceptors (Lipinski definition) is 3. The Morgan fingerprint density at radius 2 is 1.83 bits per heavy atom. The molecule has 3 saturated carbocycles. The Balaban J connectivity index is 1.52. The van der Waals surface area contributed by atoms with E-state index >= 15 is 0 Å². The summed E-state index contributed by atoms with van der Waals surface area (Å²) in [5.74, 6) is 7.25. The van der Waals surface area contributed by atoms with E-state index < -0.39 is 0 Å². The summed E-state index contributed by atoms with van der Waals surface area (Å²) in [6.07, 6.45) is 4.49. The van der Waals surface area contributed by atoms with Gasteiger partial charge in [0, 0.05) is 19.0 Å². The van der Waals surface area contributed by atoms with Gasteiger partial charge in [-0.3, -0.25) is 0 Å². The average molecular weight is 244 g/mol. The molecule has 4 nitrogen and oxygen atoms in total. The van der Waals surface area contributed by atoms with Crippen LogP contribution in [0, 0.1) is 23.7 Å². The molecule has 18 heavy (non-hydrogen) atoms. The summed E-state index contributed by atoms with van der Waals surface area (Å²) in [7, 11) is 0. The summed E-state index contributed by atoms with van der Waals surface area (Å²) in [6, 6.07) is 0.371. The summed E-state index contributed by atoms with van der Waals surface area (Å²) in [4.78, 5) is 0. The van der Waals surface area contributed by atoms with Gasteiger partial charge in [-0.2, -0.15) is 0 Å². The Hall–Kier alpha value is -0.900. The Morgan fingerprint density at radius 3 is 2.61 bits per heavy atom. The number of nitrogens with one attached hydrogen (secondary N) is 1. The monoisotopic (exact) mass is 244 g/mol. The van der Waals surface area contributed by atoms with Crippen LogP contribution in [0.2, 0.25) is 0 Å². The van der Waals surface area contributed by atoms with Crippen molar-refractivity contribution in [1.29, 1.82) is 0 Å². The van der Waals surface area contributed by atoms with Gasteiger partial charge in [-0.25, -0.2) is 0 Å². The maximum absolute atomic E-state index is 4.56. The molecule has 2 heterocycles. The van der Waals surface area contributed by atoms with Crippen molar-refractivity contribution >= 4 is 0 Å². The number of hydrogen-bond donors (Lipinski definition) is 1. The lowest BCUT2D eigenvalue weighted by atomic mass is 10.0. The van der Waals surface area contributed by atoms with E-state index in [1.54, 1.807) is 0 Å². The van der Waals surface area contributed by atoms with E-state index in [1.165, 1.54) is 25.1 Å². The van der Waals surface area contributed by atoms with Crippen LogP contribution in [0.5, 0.6) is 0 Å². The van der Waals surface area contributed by atoms with E-state index in [1.807, 2.05) is 0 Å². The smallest absolute Gasteiger partial charge is 0.149 e. The van der Waals surface area contributed by atoms with Crippen molar-refractivity contribution in [3.8, 4) is 0 Å². The standard InChI is InChI=1S/C14H20N4/c1-7-13-16-17-14(18(13)5-4-15-7)12-10-8-2-3-9(6-8)11(10)12/h7-12,15H,2-6H2,1H3. The zero-order valence-electron chi connectivity index (χ0n) is 10.8. The molecule has 1 aliphatic heterocycles. The fraction of sp³-hybridized carbons (Fsp3) is 0.857. The predicted octanol–water partition coefficient (Wildman–Crippen LogP) is 1.70. The van der Waals surface area contributed by atoms with Crippen molar-refractivity contribution in [3.05, 3.63) is 11.6 Å². The van der Waals surface area contributed by atoms with Crippen LogP contribution in [0.25, 0.3) is 0 Å². The SMILES string of the molecule is CC1NCCn2c1nnc2C1C2C3CCC(C3)C12. The van der Waals surface area contributed by atoms with Gasteiger partial charge in [0.15, 0.2) is 0 Å². The zero-order chi connectivity index (χ0) is 11.9. The lowest BCUT2D eigenvalue weighted by Crippen LogP contribution is -2.32. The molecular formula is C14H20N4. The van der Waals surface area contributed by atoms with Crippen LogP contribution in [0.3, 0.4) is 0 Å². The van der Waals surface area contributed by atoms with Crippen LogP contribution in [-0.4, -0.2) is 21.3 Å². The van der Waals surface area contributed by atoms with Crippen molar-refractivity contribution in [2.24, 2.45) is 23.7 Å². The highest BCUT2D eigenvalue weighted by Gasteiger charge is 2.66. The largest absolute Gasteiger partial charge is 0.312 e. The van der Waals surface area contributed by atoms with Gasteiger partial charge >= 0.3 is 0 Å². The molecule has 5 unspecified atom stereocenters. The molecule has 0 amide bonds. The summed E-state index contributed by atoms with van der Waals surface area (Å²) in [5, 5.41) is 12.5. The Morgan fingerprint density at radius 1 is 1.11 bits per heavy atom. The fourth-order valence-corrected chi connectivity index (χ4v) is 5.28. The Labute approximate surface area is 107 Å². The van der Waals surface area contributed by atoms with E-state index in [0.29, 0.717) is 6.04 Å². The zero-order valence-corrected chi connectivity index (χ0v) is 10.8. The van der Waals surface area contributed by atoms with Crippen LogP contribution in [0.1, 0.15) is 49.8 Å². The summed E-state index contributed by atoms with van der Waals surface area (Å²) in [5.41, 5.74) is 0. The molecule has 0 aromatic carbocycles. The molecule has 4 heteroatoms. The molecule has 5 rings (SSSR count). The highest BCUT2D eigenvalue weighted by molar-refractivity contribution is 5.25. The lowest BCUT2D eigenvalue weighted by molar-refractivity contribution is 0.420. The van der Waals surface area contributed by atoms with Crippen LogP contribution >= 0.6 is 0 Å². The summed E-state index contributed by atoms with van der Waals surface area (Å²) in [6.45, 7) is 4.32. The van der Waals surface area contributed by atoms with E-state index in [-0.39, 0.29) is 0 Å². The third-order valence-electron chi connectivity index (χ3n) is 6.01. The van der Waals surface area contributed by atoms with E-state index in [4.69, 9.17) is 0 Å². The van der Waals surface area contributed by atoms with Crippen LogP contribution in [0.4, 0.5) is 0 Å². The average Bonchev–Trinajstić information content (AvgIpc) is 2.78. The first kappa shape index (κ1) is 9.96. The lowest BCUT2D eigenvalue weighted by Gasteiger charge is -2.22. The third kappa shape index (κ3) is 1.06. The van der Waals surface area contributed by atoms with Gasteiger partial charge in [-0.1, -0.05) is 0 Å². The number of aromatic nitrogens is 3. The number of rotatable bonds is 1. The van der Waals surface area contributed by atoms with E-state index in [0.717, 1.165) is 48.5 Å². The predicted molar refractivity (Wildman–Crippen MR) is 67.0 cm³/mol. The molecule has 4 aliphatic rings. The minimum atomic E-state index is 0.371. The molecule has 0 radical (unpaired) electrons. The maximum atomic E-state index is 4.56. The molecule has 3 aliphatic carbocycles. The van der Waals surface area contributed by atoms with Gasteiger partial charge in [0.2, 0.25) is 0 Å². The van der Waals surface area contributed by atoms with E-state index in [2.05, 4.69) is 27.0 Å². The van der Waals surface area contributed by atoms with Gasteiger partial charge in [-0.15, -0.1) is 10.2 Å². The quantitative estimate of drug-likeness (QED) is 0.817. The minimum Gasteiger partial charge on any atom is -0.312 e.